The summed E-state index contributed by atoms with van der Waals surface area (Å²) < 4.78 is 5.79. The third kappa shape index (κ3) is 7.85. The van der Waals surface area contributed by atoms with Gasteiger partial charge in [0, 0.05) is 77.0 Å². The van der Waals surface area contributed by atoms with E-state index < -0.39 is 6.04 Å². The van der Waals surface area contributed by atoms with Gasteiger partial charge in [-0.2, -0.15) is 0 Å². The number of ether oxygens (including phenoxy) is 1. The zero-order valence-corrected chi connectivity index (χ0v) is 26.4. The van der Waals surface area contributed by atoms with Crippen molar-refractivity contribution in [2.45, 2.75) is 25.6 Å². The lowest BCUT2D eigenvalue weighted by Gasteiger charge is -2.40. The molecule has 1 amide bonds. The maximum atomic E-state index is 13.5. The minimum Gasteiger partial charge on any atom is -0.460 e. The maximum absolute atomic E-state index is 13.5. The highest BCUT2D eigenvalue weighted by Crippen LogP contribution is 2.23. The fourth-order valence-electron chi connectivity index (χ4n) is 5.81. The monoisotopic (exact) mass is 620 g/mol. The average molecular weight is 621 g/mol. The van der Waals surface area contributed by atoms with Crippen molar-refractivity contribution in [3.8, 4) is 11.3 Å². The highest BCUT2D eigenvalue weighted by Gasteiger charge is 2.35. The first kappa shape index (κ1) is 31.1. The van der Waals surface area contributed by atoms with Gasteiger partial charge >= 0.3 is 5.97 Å². The van der Waals surface area contributed by atoms with Gasteiger partial charge in [-0.15, -0.1) is 0 Å². The fourth-order valence-corrected chi connectivity index (χ4v) is 5.81. The summed E-state index contributed by atoms with van der Waals surface area (Å²) in [5.74, 6) is 1.01. The SMILES string of the molecule is CN1CCCN(C)c2ccc(cn2)-c2ccnc(n2)Nc2cccc(c2)CN2CCN(CC1=O)C(C(=O)OCc1ccccc1)C2. The van der Waals surface area contributed by atoms with E-state index in [0.717, 1.165) is 53.4 Å². The number of nitrogens with one attached hydrogen (secondary N) is 1. The molecule has 4 aromatic rings. The van der Waals surface area contributed by atoms with E-state index in [1.165, 1.54) is 0 Å². The summed E-state index contributed by atoms with van der Waals surface area (Å²) in [6, 6.07) is 23.1. The number of nitrogens with zero attached hydrogens (tertiary/aromatic N) is 7. The number of hydrogen-bond acceptors (Lipinski definition) is 10. The molecule has 0 aliphatic carbocycles. The summed E-state index contributed by atoms with van der Waals surface area (Å²) in [4.78, 5) is 48.8. The van der Waals surface area contributed by atoms with Gasteiger partial charge in [0.25, 0.3) is 0 Å². The number of pyridine rings is 1. The highest BCUT2D eigenvalue weighted by molar-refractivity contribution is 5.81. The van der Waals surface area contributed by atoms with Crippen molar-refractivity contribution < 1.29 is 14.3 Å². The zero-order chi connectivity index (χ0) is 31.9. The van der Waals surface area contributed by atoms with Gasteiger partial charge in [0.2, 0.25) is 11.9 Å². The molecule has 238 valence electrons. The van der Waals surface area contributed by atoms with Crippen molar-refractivity contribution in [3.63, 3.8) is 0 Å². The average Bonchev–Trinajstić information content (AvgIpc) is 3.08. The van der Waals surface area contributed by atoms with Crippen LogP contribution < -0.4 is 10.2 Å². The fraction of sp³-hybridized carbons (Fsp3) is 0.343. The van der Waals surface area contributed by atoms with Crippen molar-refractivity contribution >= 4 is 29.3 Å². The molecule has 3 atom stereocenters. The van der Waals surface area contributed by atoms with Crippen LogP contribution in [0.1, 0.15) is 17.5 Å². The standard InChI is InChI=1S/C35H40N8O3/c1-40-16-7-17-41(2)33(44)24-43-19-18-42(23-31(43)34(45)46-25-26-8-4-3-5-9-26)22-27-10-6-11-29(20-27)38-35-36-15-14-30(39-35)28-12-13-32(40)37-21-28/h3-6,8-15,20-21,31H,7,16-19,22-25H2,1-2H3,(H,36,38,39). The second-order valence-electron chi connectivity index (χ2n) is 11.9. The molecule has 0 saturated carbocycles. The van der Waals surface area contributed by atoms with Crippen molar-refractivity contribution in [1.82, 2.24) is 29.7 Å². The summed E-state index contributed by atoms with van der Waals surface area (Å²) in [5, 5.41) is 3.34. The van der Waals surface area contributed by atoms with Crippen LogP contribution in [0.4, 0.5) is 17.5 Å². The summed E-state index contributed by atoms with van der Waals surface area (Å²) in [6.45, 7) is 4.08. The van der Waals surface area contributed by atoms with Gasteiger partial charge in [-0.1, -0.05) is 42.5 Å². The lowest BCUT2D eigenvalue weighted by Crippen LogP contribution is -2.58. The van der Waals surface area contributed by atoms with Gasteiger partial charge in [0.15, 0.2) is 0 Å². The first-order valence-corrected chi connectivity index (χ1v) is 15.7. The topological polar surface area (TPSA) is 107 Å². The lowest BCUT2D eigenvalue weighted by atomic mass is 10.1. The Morgan fingerprint density at radius 2 is 1.76 bits per heavy atom. The van der Waals surface area contributed by atoms with Crippen molar-refractivity contribution in [2.24, 2.45) is 0 Å². The minimum absolute atomic E-state index is 0.0144. The van der Waals surface area contributed by atoms with Crippen molar-refractivity contribution in [2.75, 3.05) is 63.6 Å². The van der Waals surface area contributed by atoms with Crippen LogP contribution in [-0.2, 0) is 27.5 Å². The Morgan fingerprint density at radius 1 is 0.913 bits per heavy atom. The predicted octanol–water partition coefficient (Wildman–Crippen LogP) is 3.81. The van der Waals surface area contributed by atoms with Crippen molar-refractivity contribution in [1.29, 1.82) is 0 Å². The van der Waals surface area contributed by atoms with E-state index in [4.69, 9.17) is 9.72 Å². The van der Waals surface area contributed by atoms with Crippen LogP contribution in [0.25, 0.3) is 11.3 Å². The first-order chi connectivity index (χ1) is 22.4. The van der Waals surface area contributed by atoms with E-state index in [9.17, 15) is 9.59 Å². The van der Waals surface area contributed by atoms with Crippen molar-refractivity contribution in [3.05, 3.63) is 96.3 Å². The Balaban J connectivity index is 1.24. The van der Waals surface area contributed by atoms with E-state index in [1.807, 2.05) is 85.9 Å². The van der Waals surface area contributed by atoms with Gasteiger partial charge in [-0.05, 0) is 47.9 Å². The van der Waals surface area contributed by atoms with Crippen LogP contribution in [0.5, 0.6) is 0 Å². The Labute approximate surface area is 269 Å². The Morgan fingerprint density at radius 3 is 2.59 bits per heavy atom. The van der Waals surface area contributed by atoms with Crippen LogP contribution in [0.15, 0.2) is 85.2 Å². The molecule has 7 heterocycles. The molecule has 1 fully saturated rings. The molecule has 2 aromatic heterocycles. The lowest BCUT2D eigenvalue weighted by molar-refractivity contribution is -0.155. The van der Waals surface area contributed by atoms with Crippen LogP contribution in [-0.4, -0.2) is 101 Å². The van der Waals surface area contributed by atoms with Crippen LogP contribution in [0.3, 0.4) is 0 Å². The number of carbonyl (C=O) groups is 2. The smallest absolute Gasteiger partial charge is 0.325 e. The third-order valence-corrected chi connectivity index (χ3v) is 8.50. The van der Waals surface area contributed by atoms with Gasteiger partial charge in [0.05, 0.1) is 12.2 Å². The molecule has 0 spiro atoms. The number of carbonyl (C=O) groups excluding carboxylic acids is 2. The number of rotatable bonds is 3. The van der Waals surface area contributed by atoms with E-state index >= 15 is 0 Å². The summed E-state index contributed by atoms with van der Waals surface area (Å²) in [5.41, 5.74) is 4.56. The Bertz CT molecular complexity index is 1630. The van der Waals surface area contributed by atoms with E-state index in [2.05, 4.69) is 37.2 Å². The number of hydrogen-bond donors (Lipinski definition) is 1. The minimum atomic E-state index is -0.561. The second kappa shape index (κ2) is 14.5. The Hall–Kier alpha value is -4.87. The number of benzene rings is 2. The quantitative estimate of drug-likeness (QED) is 0.340. The molecule has 3 unspecified atom stereocenters. The first-order valence-electron chi connectivity index (χ1n) is 15.7. The number of likely N-dealkylation sites (N-methyl/N-ethyl adjacent to an activating group) is 1. The van der Waals surface area contributed by atoms with E-state index in [-0.39, 0.29) is 25.0 Å². The van der Waals surface area contributed by atoms with Crippen LogP contribution in [0, 0.1) is 0 Å². The van der Waals surface area contributed by atoms with Gasteiger partial charge < -0.3 is 19.9 Å². The Kier molecular flexibility index (Phi) is 9.80. The molecular formula is C35H40N8O3. The summed E-state index contributed by atoms with van der Waals surface area (Å²) in [6.07, 6.45) is 4.34. The number of anilines is 3. The molecule has 1 N–H and O–H groups in total. The van der Waals surface area contributed by atoms with Gasteiger partial charge in [-0.3, -0.25) is 19.4 Å². The van der Waals surface area contributed by atoms with Crippen LogP contribution >= 0.6 is 0 Å². The molecule has 2 aromatic carbocycles. The molecule has 5 aliphatic rings. The molecule has 5 aliphatic heterocycles. The third-order valence-electron chi connectivity index (χ3n) is 8.50. The number of aromatic nitrogens is 3. The number of esters is 1. The summed E-state index contributed by atoms with van der Waals surface area (Å²) in [7, 11) is 3.82. The maximum Gasteiger partial charge on any atom is 0.325 e. The molecule has 8 bridgehead atoms. The van der Waals surface area contributed by atoms with E-state index in [0.29, 0.717) is 32.1 Å². The summed E-state index contributed by atoms with van der Waals surface area (Å²) >= 11 is 0. The molecule has 11 nitrogen and oxygen atoms in total. The zero-order valence-electron chi connectivity index (χ0n) is 26.4. The van der Waals surface area contributed by atoms with Gasteiger partial charge in [0.1, 0.15) is 18.5 Å². The molecule has 1 saturated heterocycles. The highest BCUT2D eigenvalue weighted by atomic mass is 16.5. The number of piperazine rings is 1. The number of amides is 1. The van der Waals surface area contributed by atoms with Gasteiger partial charge in [-0.25, -0.2) is 15.0 Å². The largest absolute Gasteiger partial charge is 0.460 e. The normalized spacial score (nSPS) is 20.7. The second-order valence-corrected chi connectivity index (χ2v) is 11.9. The van der Waals surface area contributed by atoms with Crippen LogP contribution in [0.2, 0.25) is 0 Å². The molecular weight excluding hydrogens is 580 g/mol. The van der Waals surface area contributed by atoms with E-state index in [1.54, 1.807) is 11.1 Å². The molecule has 0 radical (unpaired) electrons. The molecule has 11 heteroatoms. The molecule has 9 rings (SSSR count). The molecule has 46 heavy (non-hydrogen) atoms. The predicted molar refractivity (Wildman–Crippen MR) is 177 cm³/mol.